The Hall–Kier alpha value is -1.88. The van der Waals surface area contributed by atoms with Crippen molar-refractivity contribution in [2.75, 3.05) is 5.32 Å². The minimum Gasteiger partial charge on any atom is -0.378 e. The van der Waals surface area contributed by atoms with Crippen molar-refractivity contribution in [3.05, 3.63) is 46.4 Å². The number of nitrogens with two attached hydrogens (primary N) is 1. The zero-order valence-corrected chi connectivity index (χ0v) is 10.2. The lowest BCUT2D eigenvalue weighted by molar-refractivity contribution is 0.100. The molecule has 0 aliphatic heterocycles. The fraction of sp³-hybridized carbons (Fsp3) is 0.167. The van der Waals surface area contributed by atoms with Crippen molar-refractivity contribution in [1.82, 2.24) is 4.98 Å². The van der Waals surface area contributed by atoms with Crippen LogP contribution in [0.3, 0.4) is 0 Å². The SMILES string of the molecule is CC(Nc1cccc(C(N)=O)c1)c1cncs1. The zero-order valence-electron chi connectivity index (χ0n) is 9.38. The first-order chi connectivity index (χ1) is 8.16. The summed E-state index contributed by atoms with van der Waals surface area (Å²) in [6, 6.07) is 7.32. The summed E-state index contributed by atoms with van der Waals surface area (Å²) < 4.78 is 0. The van der Waals surface area contributed by atoms with Gasteiger partial charge in [0, 0.05) is 22.3 Å². The largest absolute Gasteiger partial charge is 0.378 e. The Morgan fingerprint density at radius 1 is 1.53 bits per heavy atom. The number of anilines is 1. The quantitative estimate of drug-likeness (QED) is 0.871. The predicted octanol–water partition coefficient (Wildman–Crippen LogP) is 2.42. The normalized spacial score (nSPS) is 12.1. The molecule has 88 valence electrons. The van der Waals surface area contributed by atoms with Crippen LogP contribution in [0.15, 0.2) is 36.0 Å². The highest BCUT2D eigenvalue weighted by molar-refractivity contribution is 7.09. The Kier molecular flexibility index (Phi) is 3.39. The molecule has 1 amide bonds. The van der Waals surface area contributed by atoms with Crippen molar-refractivity contribution < 1.29 is 4.79 Å². The summed E-state index contributed by atoms with van der Waals surface area (Å²) in [7, 11) is 0. The monoisotopic (exact) mass is 247 g/mol. The molecule has 2 rings (SSSR count). The van der Waals surface area contributed by atoms with Gasteiger partial charge in [0.1, 0.15) is 0 Å². The molecule has 5 heteroatoms. The Morgan fingerprint density at radius 3 is 3.00 bits per heavy atom. The smallest absolute Gasteiger partial charge is 0.248 e. The molecule has 1 aromatic carbocycles. The van der Waals surface area contributed by atoms with E-state index in [-0.39, 0.29) is 6.04 Å². The molecular weight excluding hydrogens is 234 g/mol. The molecule has 17 heavy (non-hydrogen) atoms. The Bertz CT molecular complexity index is 510. The third-order valence-electron chi connectivity index (χ3n) is 2.41. The molecule has 0 saturated carbocycles. The maximum atomic E-state index is 11.1. The second-order valence-electron chi connectivity index (χ2n) is 3.71. The Morgan fingerprint density at radius 2 is 2.35 bits per heavy atom. The highest BCUT2D eigenvalue weighted by Gasteiger charge is 2.07. The van der Waals surface area contributed by atoms with E-state index in [2.05, 4.69) is 10.3 Å². The van der Waals surface area contributed by atoms with Crippen LogP contribution in [0.25, 0.3) is 0 Å². The van der Waals surface area contributed by atoms with Crippen LogP contribution in [-0.4, -0.2) is 10.9 Å². The van der Waals surface area contributed by atoms with Gasteiger partial charge in [-0.15, -0.1) is 11.3 Å². The molecule has 0 aliphatic rings. The minimum absolute atomic E-state index is 0.158. The van der Waals surface area contributed by atoms with Gasteiger partial charge in [0.25, 0.3) is 0 Å². The van der Waals surface area contributed by atoms with E-state index in [0.29, 0.717) is 5.56 Å². The zero-order chi connectivity index (χ0) is 12.3. The van der Waals surface area contributed by atoms with Crippen LogP contribution in [0.1, 0.15) is 28.2 Å². The summed E-state index contributed by atoms with van der Waals surface area (Å²) in [4.78, 5) is 16.2. The minimum atomic E-state index is -0.418. The van der Waals surface area contributed by atoms with E-state index in [1.54, 1.807) is 29.0 Å². The van der Waals surface area contributed by atoms with Crippen molar-refractivity contribution in [2.45, 2.75) is 13.0 Å². The molecule has 1 unspecified atom stereocenters. The summed E-state index contributed by atoms with van der Waals surface area (Å²) in [6.45, 7) is 2.05. The van der Waals surface area contributed by atoms with Gasteiger partial charge in [-0.05, 0) is 25.1 Å². The van der Waals surface area contributed by atoms with E-state index >= 15 is 0 Å². The van der Waals surface area contributed by atoms with Crippen molar-refractivity contribution in [3.63, 3.8) is 0 Å². The lowest BCUT2D eigenvalue weighted by Gasteiger charge is -2.13. The predicted molar refractivity (Wildman–Crippen MR) is 69.1 cm³/mol. The summed E-state index contributed by atoms with van der Waals surface area (Å²) in [5.41, 5.74) is 8.42. The van der Waals surface area contributed by atoms with Gasteiger partial charge in [0.2, 0.25) is 5.91 Å². The van der Waals surface area contributed by atoms with Crippen molar-refractivity contribution in [3.8, 4) is 0 Å². The number of amides is 1. The summed E-state index contributed by atoms with van der Waals surface area (Å²) in [5, 5.41) is 3.30. The third-order valence-corrected chi connectivity index (χ3v) is 3.37. The van der Waals surface area contributed by atoms with Crippen molar-refractivity contribution in [2.24, 2.45) is 5.73 Å². The molecule has 0 bridgehead atoms. The number of carbonyl (C=O) groups excluding carboxylic acids is 1. The number of thiazole rings is 1. The number of nitrogens with one attached hydrogen (secondary N) is 1. The number of carbonyl (C=O) groups is 1. The lowest BCUT2D eigenvalue weighted by atomic mass is 10.2. The van der Waals surface area contributed by atoms with Gasteiger partial charge in [0.15, 0.2) is 0 Å². The molecule has 0 radical (unpaired) electrons. The van der Waals surface area contributed by atoms with Crippen molar-refractivity contribution in [1.29, 1.82) is 0 Å². The molecule has 4 nitrogen and oxygen atoms in total. The van der Waals surface area contributed by atoms with E-state index in [1.807, 2.05) is 25.3 Å². The van der Waals surface area contributed by atoms with Gasteiger partial charge >= 0.3 is 0 Å². The molecule has 0 fully saturated rings. The molecule has 0 saturated heterocycles. The first-order valence-electron chi connectivity index (χ1n) is 5.21. The van der Waals surface area contributed by atoms with Gasteiger partial charge in [-0.1, -0.05) is 6.07 Å². The molecule has 0 spiro atoms. The number of nitrogens with zero attached hydrogens (tertiary/aromatic N) is 1. The first kappa shape index (κ1) is 11.6. The topological polar surface area (TPSA) is 68.0 Å². The van der Waals surface area contributed by atoms with E-state index in [0.717, 1.165) is 10.6 Å². The number of benzene rings is 1. The Labute approximate surface area is 103 Å². The summed E-state index contributed by atoms with van der Waals surface area (Å²) in [6.07, 6.45) is 1.83. The number of rotatable bonds is 4. The number of primary amides is 1. The summed E-state index contributed by atoms with van der Waals surface area (Å²) >= 11 is 1.60. The van der Waals surface area contributed by atoms with Crippen LogP contribution in [-0.2, 0) is 0 Å². The highest BCUT2D eigenvalue weighted by Crippen LogP contribution is 2.22. The highest BCUT2D eigenvalue weighted by atomic mass is 32.1. The third kappa shape index (κ3) is 2.82. The molecule has 1 aromatic heterocycles. The van der Waals surface area contributed by atoms with E-state index in [9.17, 15) is 4.79 Å². The second-order valence-corrected chi connectivity index (χ2v) is 4.63. The van der Waals surface area contributed by atoms with E-state index in [1.165, 1.54) is 0 Å². The van der Waals surface area contributed by atoms with Gasteiger partial charge < -0.3 is 11.1 Å². The molecule has 1 heterocycles. The Balaban J connectivity index is 2.13. The standard InChI is InChI=1S/C12H13N3OS/c1-8(11-6-14-7-17-11)15-10-4-2-3-9(5-10)12(13)16/h2-8,15H,1H3,(H2,13,16). The van der Waals surface area contributed by atoms with Crippen LogP contribution >= 0.6 is 11.3 Å². The van der Waals surface area contributed by atoms with Gasteiger partial charge in [-0.25, -0.2) is 0 Å². The summed E-state index contributed by atoms with van der Waals surface area (Å²) in [5.74, 6) is -0.418. The second kappa shape index (κ2) is 4.97. The fourth-order valence-electron chi connectivity index (χ4n) is 1.52. The van der Waals surface area contributed by atoms with Gasteiger partial charge in [-0.3, -0.25) is 9.78 Å². The molecule has 2 aromatic rings. The van der Waals surface area contributed by atoms with Crippen molar-refractivity contribution >= 4 is 22.9 Å². The van der Waals surface area contributed by atoms with Crippen LogP contribution < -0.4 is 11.1 Å². The van der Waals surface area contributed by atoms with Crippen LogP contribution in [0.5, 0.6) is 0 Å². The molecule has 3 N–H and O–H groups in total. The number of hydrogen-bond donors (Lipinski definition) is 2. The molecular formula is C12H13N3OS. The van der Waals surface area contributed by atoms with Crippen LogP contribution in [0.4, 0.5) is 5.69 Å². The van der Waals surface area contributed by atoms with Gasteiger partial charge in [0.05, 0.1) is 11.6 Å². The average Bonchev–Trinajstić information content (AvgIpc) is 2.82. The maximum absolute atomic E-state index is 11.1. The average molecular weight is 247 g/mol. The maximum Gasteiger partial charge on any atom is 0.248 e. The van der Waals surface area contributed by atoms with E-state index in [4.69, 9.17) is 5.73 Å². The molecule has 1 atom stereocenters. The lowest BCUT2D eigenvalue weighted by Crippen LogP contribution is -2.12. The van der Waals surface area contributed by atoms with Crippen LogP contribution in [0.2, 0.25) is 0 Å². The van der Waals surface area contributed by atoms with Gasteiger partial charge in [-0.2, -0.15) is 0 Å². The molecule has 0 aliphatic carbocycles. The number of hydrogen-bond acceptors (Lipinski definition) is 4. The first-order valence-corrected chi connectivity index (χ1v) is 6.09. The van der Waals surface area contributed by atoms with E-state index < -0.39 is 5.91 Å². The fourth-order valence-corrected chi connectivity index (χ4v) is 2.15. The van der Waals surface area contributed by atoms with Crippen LogP contribution in [0, 0.1) is 0 Å². The number of aromatic nitrogens is 1.